The fourth-order valence-electron chi connectivity index (χ4n) is 5.66. The van der Waals surface area contributed by atoms with Crippen molar-refractivity contribution in [1.29, 1.82) is 0 Å². The minimum absolute atomic E-state index is 0.0516. The Bertz CT molecular complexity index is 1490. The summed E-state index contributed by atoms with van der Waals surface area (Å²) in [6.45, 7) is 8.91. The van der Waals surface area contributed by atoms with Crippen LogP contribution in [0.3, 0.4) is 0 Å². The van der Waals surface area contributed by atoms with Crippen LogP contribution in [0.1, 0.15) is 95.9 Å². The summed E-state index contributed by atoms with van der Waals surface area (Å²) in [5.41, 5.74) is 9.50. The van der Waals surface area contributed by atoms with Crippen LogP contribution in [-0.2, 0) is 0 Å². The zero-order valence-electron chi connectivity index (χ0n) is 23.4. The van der Waals surface area contributed by atoms with Gasteiger partial charge >= 0.3 is 0 Å². The van der Waals surface area contributed by atoms with Crippen molar-refractivity contribution in [1.82, 2.24) is 0 Å². The first-order valence-electron chi connectivity index (χ1n) is 14.1. The molecule has 39 heavy (non-hydrogen) atoms. The average molecular weight is 511 g/mol. The molecule has 0 fully saturated rings. The smallest absolute Gasteiger partial charge is 0.123 e. The summed E-state index contributed by atoms with van der Waals surface area (Å²) in [5, 5.41) is 11.7. The molecular weight excluding hydrogens is 472 g/mol. The summed E-state index contributed by atoms with van der Waals surface area (Å²) < 4.78 is 0. The van der Waals surface area contributed by atoms with Gasteiger partial charge in [-0.2, -0.15) is 0 Å². The van der Waals surface area contributed by atoms with E-state index in [-0.39, 0.29) is 17.8 Å². The van der Waals surface area contributed by atoms with Gasteiger partial charge in [-0.3, -0.25) is 0 Å². The lowest BCUT2D eigenvalue weighted by Gasteiger charge is -2.24. The van der Waals surface area contributed by atoms with Crippen LogP contribution in [0, 0.1) is 0 Å². The Morgan fingerprint density at radius 1 is 0.359 bits per heavy atom. The SMILES string of the molecule is CC(c1ccccc1)c1ccc(C(C)c2cc(C(C)c3ccccc3)cc(C(C)c3ccccc3)c2O)cc1. The predicted octanol–water partition coefficient (Wildman–Crippen LogP) is 10.00. The number of phenols is 1. The number of aromatic hydroxyl groups is 1. The molecule has 4 atom stereocenters. The van der Waals surface area contributed by atoms with Crippen molar-refractivity contribution < 1.29 is 5.11 Å². The molecule has 5 aromatic rings. The summed E-state index contributed by atoms with van der Waals surface area (Å²) in [4.78, 5) is 0. The molecule has 1 heteroatoms. The van der Waals surface area contributed by atoms with E-state index in [1.807, 2.05) is 6.07 Å². The van der Waals surface area contributed by atoms with E-state index in [1.54, 1.807) is 0 Å². The number of hydrogen-bond acceptors (Lipinski definition) is 1. The molecule has 0 spiro atoms. The van der Waals surface area contributed by atoms with E-state index in [4.69, 9.17) is 0 Å². The summed E-state index contributed by atoms with van der Waals surface area (Å²) >= 11 is 0. The monoisotopic (exact) mass is 510 g/mol. The molecule has 0 heterocycles. The normalized spacial score (nSPS) is 14.4. The predicted molar refractivity (Wildman–Crippen MR) is 164 cm³/mol. The van der Waals surface area contributed by atoms with Gasteiger partial charge in [0.15, 0.2) is 0 Å². The van der Waals surface area contributed by atoms with Gasteiger partial charge in [-0.05, 0) is 33.4 Å². The highest BCUT2D eigenvalue weighted by molar-refractivity contribution is 5.54. The van der Waals surface area contributed by atoms with Gasteiger partial charge < -0.3 is 5.11 Å². The van der Waals surface area contributed by atoms with Crippen LogP contribution in [0.2, 0.25) is 0 Å². The highest BCUT2D eigenvalue weighted by Crippen LogP contribution is 2.42. The maximum Gasteiger partial charge on any atom is 0.123 e. The average Bonchev–Trinajstić information content (AvgIpc) is 3.01. The van der Waals surface area contributed by atoms with Crippen molar-refractivity contribution >= 4 is 0 Å². The number of hydrogen-bond donors (Lipinski definition) is 1. The second-order valence-corrected chi connectivity index (χ2v) is 10.8. The van der Waals surface area contributed by atoms with Gasteiger partial charge in [-0.25, -0.2) is 0 Å². The summed E-state index contributed by atoms with van der Waals surface area (Å²) in [5.74, 6) is 1.08. The Morgan fingerprint density at radius 2 is 0.641 bits per heavy atom. The number of benzene rings is 5. The molecule has 0 radical (unpaired) electrons. The second kappa shape index (κ2) is 11.7. The standard InChI is InChI=1S/C38H38O/c1-26(30-14-8-5-9-15-30)33-20-22-34(23-21-33)29(4)37-25-35(27(2)31-16-10-6-11-17-31)24-36(38(37)39)28(3)32-18-12-7-13-19-32/h5-29,39H,1-4H3. The van der Waals surface area contributed by atoms with Gasteiger partial charge in [0, 0.05) is 34.8 Å². The first-order chi connectivity index (χ1) is 18.9. The molecule has 1 N–H and O–H groups in total. The molecule has 0 saturated carbocycles. The lowest BCUT2D eigenvalue weighted by Crippen LogP contribution is -2.06. The molecule has 0 amide bonds. The lowest BCUT2D eigenvalue weighted by atomic mass is 9.81. The minimum Gasteiger partial charge on any atom is -0.507 e. The molecule has 0 saturated heterocycles. The quantitative estimate of drug-likeness (QED) is 0.220. The van der Waals surface area contributed by atoms with Crippen molar-refractivity contribution in [3.63, 3.8) is 0 Å². The van der Waals surface area contributed by atoms with E-state index in [0.717, 1.165) is 11.1 Å². The molecule has 5 rings (SSSR count). The fourth-order valence-corrected chi connectivity index (χ4v) is 5.66. The van der Waals surface area contributed by atoms with Gasteiger partial charge in [0.1, 0.15) is 5.75 Å². The summed E-state index contributed by atoms with van der Waals surface area (Å²) in [6.07, 6.45) is 0. The van der Waals surface area contributed by atoms with E-state index in [9.17, 15) is 5.11 Å². The molecule has 0 aliphatic rings. The maximum atomic E-state index is 11.7. The van der Waals surface area contributed by atoms with Gasteiger partial charge in [-0.15, -0.1) is 0 Å². The second-order valence-electron chi connectivity index (χ2n) is 10.8. The topological polar surface area (TPSA) is 20.2 Å². The zero-order chi connectivity index (χ0) is 27.4. The van der Waals surface area contributed by atoms with Crippen molar-refractivity contribution in [3.8, 4) is 5.75 Å². The van der Waals surface area contributed by atoms with Crippen LogP contribution in [0.15, 0.2) is 127 Å². The van der Waals surface area contributed by atoms with Crippen LogP contribution in [-0.4, -0.2) is 5.11 Å². The van der Waals surface area contributed by atoms with Crippen molar-refractivity contribution in [3.05, 3.63) is 172 Å². The van der Waals surface area contributed by atoms with Gasteiger partial charge in [-0.1, -0.05) is 155 Å². The van der Waals surface area contributed by atoms with Gasteiger partial charge in [0.25, 0.3) is 0 Å². The third-order valence-corrected chi connectivity index (χ3v) is 8.46. The van der Waals surface area contributed by atoms with E-state index in [0.29, 0.717) is 11.7 Å². The maximum absolute atomic E-state index is 11.7. The van der Waals surface area contributed by atoms with Crippen molar-refractivity contribution in [2.24, 2.45) is 0 Å². The van der Waals surface area contributed by atoms with Crippen LogP contribution in [0.5, 0.6) is 5.75 Å². The molecule has 0 aliphatic carbocycles. The number of phenolic OH excluding ortho intramolecular Hbond substituents is 1. The number of rotatable bonds is 8. The van der Waals surface area contributed by atoms with E-state index >= 15 is 0 Å². The molecule has 0 aromatic heterocycles. The Labute approximate surface area is 233 Å². The molecular formula is C38H38O. The third kappa shape index (κ3) is 5.68. The van der Waals surface area contributed by atoms with Crippen molar-refractivity contribution in [2.75, 3.05) is 0 Å². The molecule has 5 aromatic carbocycles. The first-order valence-corrected chi connectivity index (χ1v) is 14.1. The minimum atomic E-state index is 0.0516. The Balaban J connectivity index is 1.54. The third-order valence-electron chi connectivity index (χ3n) is 8.46. The summed E-state index contributed by atoms with van der Waals surface area (Å²) in [7, 11) is 0. The highest BCUT2D eigenvalue weighted by Gasteiger charge is 2.23. The molecule has 4 unspecified atom stereocenters. The van der Waals surface area contributed by atoms with Gasteiger partial charge in [0.05, 0.1) is 0 Å². The molecule has 0 aliphatic heterocycles. The summed E-state index contributed by atoms with van der Waals surface area (Å²) in [6, 6.07) is 45.1. The molecule has 0 bridgehead atoms. The van der Waals surface area contributed by atoms with Crippen molar-refractivity contribution in [2.45, 2.75) is 51.4 Å². The Morgan fingerprint density at radius 3 is 1.03 bits per heavy atom. The van der Waals surface area contributed by atoms with Crippen LogP contribution >= 0.6 is 0 Å². The Hall–Kier alpha value is -4.10. The zero-order valence-corrected chi connectivity index (χ0v) is 23.4. The van der Waals surface area contributed by atoms with Crippen LogP contribution in [0.4, 0.5) is 0 Å². The van der Waals surface area contributed by atoms with Crippen LogP contribution in [0.25, 0.3) is 0 Å². The fraction of sp³-hybridized carbons (Fsp3) is 0.211. The van der Waals surface area contributed by atoms with E-state index in [1.165, 1.54) is 33.4 Å². The molecule has 196 valence electrons. The van der Waals surface area contributed by atoms with Gasteiger partial charge in [0.2, 0.25) is 0 Å². The Kier molecular flexibility index (Phi) is 7.98. The van der Waals surface area contributed by atoms with E-state index in [2.05, 4.69) is 149 Å². The van der Waals surface area contributed by atoms with E-state index < -0.39 is 0 Å². The highest BCUT2D eigenvalue weighted by atomic mass is 16.3. The largest absolute Gasteiger partial charge is 0.507 e. The van der Waals surface area contributed by atoms with Crippen LogP contribution < -0.4 is 0 Å². The first kappa shape index (κ1) is 26.5. The lowest BCUT2D eigenvalue weighted by molar-refractivity contribution is 0.456. The molecule has 1 nitrogen and oxygen atoms in total.